The zero-order valence-electron chi connectivity index (χ0n) is 19.9. The first-order valence-corrected chi connectivity index (χ1v) is 15.2. The van der Waals surface area contributed by atoms with Gasteiger partial charge in [-0.25, -0.2) is 0 Å². The van der Waals surface area contributed by atoms with E-state index in [1.165, 1.54) is 27.4 Å². The molecule has 2 unspecified atom stereocenters. The van der Waals surface area contributed by atoms with E-state index in [4.69, 9.17) is 0 Å². The van der Waals surface area contributed by atoms with Crippen LogP contribution in [0.25, 0.3) is 11.1 Å². The maximum absolute atomic E-state index is 9.94. The van der Waals surface area contributed by atoms with Crippen molar-refractivity contribution in [1.82, 2.24) is 0 Å². The molecule has 0 amide bonds. The van der Waals surface area contributed by atoms with Gasteiger partial charge in [0.1, 0.15) is 0 Å². The molecule has 2 nitrogen and oxygen atoms in total. The second-order valence-corrected chi connectivity index (χ2v) is 15.5. The van der Waals surface area contributed by atoms with E-state index in [2.05, 4.69) is 77.7 Å². The van der Waals surface area contributed by atoms with Gasteiger partial charge in [0.15, 0.2) is 0 Å². The van der Waals surface area contributed by atoms with E-state index in [9.17, 15) is 10.0 Å². The van der Waals surface area contributed by atoms with Crippen molar-refractivity contribution in [2.75, 3.05) is 0 Å². The maximum atomic E-state index is 9.94. The summed E-state index contributed by atoms with van der Waals surface area (Å²) in [4.78, 5) is 0. The minimum absolute atomic E-state index is 0.0861. The smallest absolute Gasteiger partial charge is 0.423 e. The lowest BCUT2D eigenvalue weighted by Crippen LogP contribution is -2.43. The van der Waals surface area contributed by atoms with Crippen molar-refractivity contribution in [1.29, 1.82) is 0 Å². The first kappa shape index (κ1) is 23.3. The molecule has 0 saturated carbocycles. The number of hydrogen-bond donors (Lipinski definition) is 2. The lowest BCUT2D eigenvalue weighted by molar-refractivity contribution is 0.222. The normalized spacial score (nSPS) is 19.9. The van der Waals surface area contributed by atoms with Crippen molar-refractivity contribution in [2.45, 2.75) is 78.4 Å². The average molecular weight is 422 g/mol. The molecule has 30 heavy (non-hydrogen) atoms. The Morgan fingerprint density at radius 3 is 1.80 bits per heavy atom. The molecule has 0 aromatic heterocycles. The highest BCUT2D eigenvalue weighted by atomic mass is 28.3. The summed E-state index contributed by atoms with van der Waals surface area (Å²) in [5, 5.41) is 21.4. The number of fused-ring (bicyclic) bond motifs is 3. The fourth-order valence-electron chi connectivity index (χ4n) is 5.90. The van der Waals surface area contributed by atoms with Crippen LogP contribution in [0.4, 0.5) is 0 Å². The van der Waals surface area contributed by atoms with Crippen molar-refractivity contribution < 1.29 is 10.0 Å². The van der Waals surface area contributed by atoms with Crippen LogP contribution in [-0.2, 0) is 5.41 Å². The van der Waals surface area contributed by atoms with E-state index in [0.717, 1.165) is 25.7 Å². The van der Waals surface area contributed by atoms with E-state index in [1.54, 1.807) is 0 Å². The summed E-state index contributed by atoms with van der Waals surface area (Å²) in [6, 6.07) is 13.3. The van der Waals surface area contributed by atoms with Crippen LogP contribution < -0.4 is 10.6 Å². The van der Waals surface area contributed by atoms with Crippen LogP contribution in [0.2, 0.25) is 19.6 Å². The summed E-state index contributed by atoms with van der Waals surface area (Å²) in [7, 11) is -2.89. The summed E-state index contributed by atoms with van der Waals surface area (Å²) in [6.07, 6.45) is 4.64. The van der Waals surface area contributed by atoms with Crippen LogP contribution in [0.1, 0.15) is 64.5 Å². The topological polar surface area (TPSA) is 40.5 Å². The van der Waals surface area contributed by atoms with Crippen molar-refractivity contribution in [2.24, 2.45) is 11.8 Å². The van der Waals surface area contributed by atoms with Crippen LogP contribution in [0, 0.1) is 11.8 Å². The Balaban J connectivity index is 2.39. The van der Waals surface area contributed by atoms with Crippen molar-refractivity contribution in [3.63, 3.8) is 0 Å². The van der Waals surface area contributed by atoms with Crippen LogP contribution in [0.5, 0.6) is 0 Å². The highest BCUT2D eigenvalue weighted by molar-refractivity contribution is 6.88. The molecule has 0 bridgehead atoms. The van der Waals surface area contributed by atoms with Gasteiger partial charge in [-0.3, -0.25) is 0 Å². The average Bonchev–Trinajstić information content (AvgIpc) is 2.97. The van der Waals surface area contributed by atoms with Gasteiger partial charge in [-0.2, -0.15) is 0 Å². The molecule has 0 aliphatic heterocycles. The van der Waals surface area contributed by atoms with Gasteiger partial charge in [0, 0.05) is 5.41 Å². The molecule has 2 aromatic carbocycles. The fourth-order valence-corrected chi connectivity index (χ4v) is 7.06. The van der Waals surface area contributed by atoms with Gasteiger partial charge in [-0.1, -0.05) is 102 Å². The van der Waals surface area contributed by atoms with Gasteiger partial charge in [0.2, 0.25) is 0 Å². The van der Waals surface area contributed by atoms with Crippen molar-refractivity contribution in [3.8, 4) is 11.1 Å². The van der Waals surface area contributed by atoms with Crippen molar-refractivity contribution in [3.05, 3.63) is 47.5 Å². The minimum Gasteiger partial charge on any atom is -0.423 e. The Bertz CT molecular complexity index is 888. The number of benzene rings is 2. The molecule has 0 spiro atoms. The first-order valence-electron chi connectivity index (χ1n) is 11.7. The lowest BCUT2D eigenvalue weighted by Gasteiger charge is -2.44. The van der Waals surface area contributed by atoms with Gasteiger partial charge in [-0.15, -0.1) is 0 Å². The van der Waals surface area contributed by atoms with E-state index in [-0.39, 0.29) is 5.41 Å². The molecule has 2 N–H and O–H groups in total. The van der Waals surface area contributed by atoms with E-state index < -0.39 is 15.2 Å². The standard InChI is InChI=1S/C26H39BO2Si/c1-8-10-18(3)26(19(4)11-9-2)24-16-20(27(28)29)12-14-22(24)23-15-13-21(17-25(23)26)30(5,6)7/h12-19,28-29H,8-11H2,1-7H3. The predicted molar refractivity (Wildman–Crippen MR) is 134 cm³/mol. The molecule has 0 heterocycles. The number of hydrogen-bond acceptors (Lipinski definition) is 2. The van der Waals surface area contributed by atoms with Gasteiger partial charge in [0.25, 0.3) is 0 Å². The highest BCUT2D eigenvalue weighted by Gasteiger charge is 2.50. The largest absolute Gasteiger partial charge is 0.488 e. The van der Waals surface area contributed by atoms with E-state index in [0.29, 0.717) is 17.3 Å². The molecule has 0 fully saturated rings. The Labute approximate surface area is 184 Å². The fraction of sp³-hybridized carbons (Fsp3) is 0.538. The van der Waals surface area contributed by atoms with Gasteiger partial charge in [0.05, 0.1) is 8.07 Å². The second kappa shape index (κ2) is 8.64. The summed E-state index contributed by atoms with van der Waals surface area (Å²) >= 11 is 0. The summed E-state index contributed by atoms with van der Waals surface area (Å²) in [5.41, 5.74) is 5.92. The summed E-state index contributed by atoms with van der Waals surface area (Å²) in [5.74, 6) is 0.957. The molecule has 0 saturated heterocycles. The molecule has 1 aliphatic rings. The third kappa shape index (κ3) is 3.72. The van der Waals surface area contributed by atoms with Crippen LogP contribution in [0.15, 0.2) is 36.4 Å². The third-order valence-electron chi connectivity index (χ3n) is 7.41. The van der Waals surface area contributed by atoms with Gasteiger partial charge >= 0.3 is 7.12 Å². The molecular weight excluding hydrogens is 383 g/mol. The summed E-state index contributed by atoms with van der Waals surface area (Å²) < 4.78 is 0. The maximum Gasteiger partial charge on any atom is 0.488 e. The summed E-state index contributed by atoms with van der Waals surface area (Å²) in [6.45, 7) is 16.6. The highest BCUT2D eigenvalue weighted by Crippen LogP contribution is 2.57. The minimum atomic E-state index is -1.46. The Morgan fingerprint density at radius 2 is 1.33 bits per heavy atom. The van der Waals surface area contributed by atoms with Crippen LogP contribution >= 0.6 is 0 Å². The molecule has 4 heteroatoms. The second-order valence-electron chi connectivity index (χ2n) is 10.4. The van der Waals surface area contributed by atoms with Gasteiger partial charge in [-0.05, 0) is 52.4 Å². The number of rotatable bonds is 8. The zero-order valence-corrected chi connectivity index (χ0v) is 20.9. The molecule has 2 aromatic rings. The van der Waals surface area contributed by atoms with E-state index >= 15 is 0 Å². The quantitative estimate of drug-likeness (QED) is 0.585. The van der Waals surface area contributed by atoms with Crippen LogP contribution in [0.3, 0.4) is 0 Å². The Hall–Kier alpha value is -1.36. The first-order chi connectivity index (χ1) is 14.1. The molecule has 2 atom stereocenters. The van der Waals surface area contributed by atoms with Gasteiger partial charge < -0.3 is 10.0 Å². The molecule has 1 aliphatic carbocycles. The van der Waals surface area contributed by atoms with Crippen molar-refractivity contribution >= 4 is 25.8 Å². The predicted octanol–water partition coefficient (Wildman–Crippen LogP) is 5.05. The Morgan fingerprint density at radius 1 is 0.833 bits per heavy atom. The molecular formula is C26H39BO2Si. The van der Waals surface area contributed by atoms with E-state index in [1.807, 2.05) is 6.07 Å². The SMILES string of the molecule is CCCC(C)C1(C(C)CCC)c2cc(B(O)O)ccc2-c2ccc([Si](C)(C)C)cc21. The zero-order chi connectivity index (χ0) is 22.3. The lowest BCUT2D eigenvalue weighted by atomic mass is 9.59. The monoisotopic (exact) mass is 422 g/mol. The third-order valence-corrected chi connectivity index (χ3v) is 9.45. The Kier molecular flexibility index (Phi) is 6.72. The molecule has 162 valence electrons. The molecule has 3 rings (SSSR count). The van der Waals surface area contributed by atoms with Crippen LogP contribution in [-0.4, -0.2) is 25.2 Å². The molecule has 0 radical (unpaired) electrons.